The fourth-order valence-corrected chi connectivity index (χ4v) is 3.95. The predicted octanol–water partition coefficient (Wildman–Crippen LogP) is 3.81. The van der Waals surface area contributed by atoms with Crippen molar-refractivity contribution in [1.82, 2.24) is 19.8 Å². The van der Waals surface area contributed by atoms with Crippen LogP contribution in [-0.4, -0.2) is 40.1 Å². The Bertz CT molecular complexity index is 725. The molecular weight excluding hydrogens is 336 g/mol. The molecule has 0 radical (unpaired) electrons. The number of amides is 2. The number of piperidine rings is 1. The number of likely N-dealkylation sites (tertiary alicyclic amines) is 1. The van der Waals surface area contributed by atoms with Crippen molar-refractivity contribution in [2.24, 2.45) is 5.92 Å². The first-order chi connectivity index (χ1) is 13.2. The molecule has 1 unspecified atom stereocenters. The van der Waals surface area contributed by atoms with Crippen LogP contribution in [0.5, 0.6) is 0 Å². The number of urea groups is 1. The van der Waals surface area contributed by atoms with Gasteiger partial charge in [-0.25, -0.2) is 9.78 Å². The summed E-state index contributed by atoms with van der Waals surface area (Å²) in [6, 6.07) is 10.4. The van der Waals surface area contributed by atoms with E-state index in [4.69, 9.17) is 0 Å². The zero-order chi connectivity index (χ0) is 19.1. The van der Waals surface area contributed by atoms with Gasteiger partial charge in [-0.1, -0.05) is 37.3 Å². The first-order valence-electron chi connectivity index (χ1n) is 10.2. The quantitative estimate of drug-likeness (QED) is 0.808. The maximum absolute atomic E-state index is 12.6. The summed E-state index contributed by atoms with van der Waals surface area (Å²) in [5, 5.41) is 3.09. The van der Waals surface area contributed by atoms with Crippen LogP contribution in [0.3, 0.4) is 0 Å². The van der Waals surface area contributed by atoms with Gasteiger partial charge in [0, 0.05) is 44.5 Å². The van der Waals surface area contributed by atoms with Crippen LogP contribution in [0.1, 0.15) is 43.3 Å². The summed E-state index contributed by atoms with van der Waals surface area (Å²) in [4.78, 5) is 19.2. The molecule has 1 aliphatic rings. The Balaban J connectivity index is 1.49. The van der Waals surface area contributed by atoms with Crippen LogP contribution in [-0.2, 0) is 19.4 Å². The summed E-state index contributed by atoms with van der Waals surface area (Å²) in [7, 11) is 0. The second kappa shape index (κ2) is 9.58. The maximum Gasteiger partial charge on any atom is 0.317 e. The number of carbonyl (C=O) groups is 1. The third-order valence-corrected chi connectivity index (χ3v) is 5.40. The van der Waals surface area contributed by atoms with Crippen molar-refractivity contribution in [2.75, 3.05) is 19.6 Å². The number of rotatable bonds is 7. The fourth-order valence-electron chi connectivity index (χ4n) is 3.95. The number of nitrogens with one attached hydrogen (secondary N) is 1. The lowest BCUT2D eigenvalue weighted by molar-refractivity contribution is 0.164. The van der Waals surface area contributed by atoms with Crippen LogP contribution in [0.2, 0.25) is 0 Å². The van der Waals surface area contributed by atoms with Gasteiger partial charge in [0.15, 0.2) is 0 Å². The van der Waals surface area contributed by atoms with Crippen molar-refractivity contribution in [2.45, 2.75) is 52.5 Å². The Morgan fingerprint density at radius 1 is 1.30 bits per heavy atom. The van der Waals surface area contributed by atoms with Crippen LogP contribution >= 0.6 is 0 Å². The van der Waals surface area contributed by atoms with Crippen molar-refractivity contribution in [1.29, 1.82) is 0 Å². The Kier molecular flexibility index (Phi) is 6.91. The summed E-state index contributed by atoms with van der Waals surface area (Å²) in [5.74, 6) is 1.67. The van der Waals surface area contributed by atoms with Gasteiger partial charge in [-0.3, -0.25) is 0 Å². The van der Waals surface area contributed by atoms with E-state index in [0.29, 0.717) is 12.5 Å². The zero-order valence-corrected chi connectivity index (χ0v) is 16.7. The second-order valence-electron chi connectivity index (χ2n) is 7.59. The molecule has 0 aliphatic carbocycles. The highest BCUT2D eigenvalue weighted by Gasteiger charge is 2.25. The monoisotopic (exact) mass is 368 g/mol. The number of hydrogen-bond donors (Lipinski definition) is 1. The Morgan fingerprint density at radius 2 is 2.11 bits per heavy atom. The standard InChI is InChI=1S/C22H32N4O/c1-3-13-26-18(2)16-24-21(26)15-20-10-7-14-25(17-20)22(27)23-12-11-19-8-5-4-6-9-19/h4-6,8-9,16,20H,3,7,10-15,17H2,1-2H3,(H,23,27). The molecule has 3 rings (SSSR count). The summed E-state index contributed by atoms with van der Waals surface area (Å²) in [6.45, 7) is 7.72. The first kappa shape index (κ1) is 19.5. The third kappa shape index (κ3) is 5.34. The number of aromatic nitrogens is 2. The van der Waals surface area contributed by atoms with Crippen LogP contribution in [0, 0.1) is 12.8 Å². The highest BCUT2D eigenvalue weighted by atomic mass is 16.2. The molecule has 2 amide bonds. The minimum atomic E-state index is 0.0729. The van der Waals surface area contributed by atoms with Crippen molar-refractivity contribution in [3.8, 4) is 0 Å². The van der Waals surface area contributed by atoms with Gasteiger partial charge in [-0.2, -0.15) is 0 Å². The molecule has 1 saturated heterocycles. The average molecular weight is 369 g/mol. The van der Waals surface area contributed by atoms with Crippen LogP contribution in [0.4, 0.5) is 4.79 Å². The van der Waals surface area contributed by atoms with Gasteiger partial charge >= 0.3 is 6.03 Å². The third-order valence-electron chi connectivity index (χ3n) is 5.40. The predicted molar refractivity (Wildman–Crippen MR) is 109 cm³/mol. The fraction of sp³-hybridized carbons (Fsp3) is 0.545. The van der Waals surface area contributed by atoms with Gasteiger partial charge in [-0.05, 0) is 44.1 Å². The lowest BCUT2D eigenvalue weighted by Crippen LogP contribution is -2.46. The number of aryl methyl sites for hydroxylation is 1. The van der Waals surface area contributed by atoms with E-state index in [1.807, 2.05) is 29.3 Å². The van der Waals surface area contributed by atoms with Crippen LogP contribution in [0.25, 0.3) is 0 Å². The van der Waals surface area contributed by atoms with E-state index in [0.717, 1.165) is 45.3 Å². The van der Waals surface area contributed by atoms with Gasteiger partial charge in [-0.15, -0.1) is 0 Å². The van der Waals surface area contributed by atoms with Gasteiger partial charge in [0.25, 0.3) is 0 Å². The lowest BCUT2D eigenvalue weighted by atomic mass is 9.94. The Hall–Kier alpha value is -2.30. The second-order valence-corrected chi connectivity index (χ2v) is 7.59. The van der Waals surface area contributed by atoms with Crippen molar-refractivity contribution in [3.63, 3.8) is 0 Å². The van der Waals surface area contributed by atoms with E-state index in [2.05, 4.69) is 40.8 Å². The van der Waals surface area contributed by atoms with Crippen molar-refractivity contribution < 1.29 is 4.79 Å². The molecule has 1 atom stereocenters. The van der Waals surface area contributed by atoms with Crippen molar-refractivity contribution in [3.05, 3.63) is 53.6 Å². The summed E-state index contributed by atoms with van der Waals surface area (Å²) in [5.41, 5.74) is 2.49. The molecule has 0 spiro atoms. The number of imidazole rings is 1. The molecule has 146 valence electrons. The average Bonchev–Trinajstić information content (AvgIpc) is 3.03. The molecule has 1 aliphatic heterocycles. The van der Waals surface area contributed by atoms with E-state index in [9.17, 15) is 4.79 Å². The molecule has 27 heavy (non-hydrogen) atoms. The molecule has 1 aromatic heterocycles. The molecule has 0 saturated carbocycles. The van der Waals surface area contributed by atoms with Gasteiger partial charge in [0.2, 0.25) is 0 Å². The molecule has 0 bridgehead atoms. The molecular formula is C22H32N4O. The number of nitrogens with zero attached hydrogens (tertiary/aromatic N) is 3. The number of hydrogen-bond acceptors (Lipinski definition) is 2. The Morgan fingerprint density at radius 3 is 2.89 bits per heavy atom. The van der Waals surface area contributed by atoms with E-state index < -0.39 is 0 Å². The van der Waals surface area contributed by atoms with E-state index in [-0.39, 0.29) is 6.03 Å². The topological polar surface area (TPSA) is 50.2 Å². The molecule has 2 aromatic rings. The van der Waals surface area contributed by atoms with Gasteiger partial charge in [0.1, 0.15) is 5.82 Å². The van der Waals surface area contributed by atoms with E-state index in [1.54, 1.807) is 0 Å². The van der Waals surface area contributed by atoms with Gasteiger partial charge < -0.3 is 14.8 Å². The maximum atomic E-state index is 12.6. The van der Waals surface area contributed by atoms with Gasteiger partial charge in [0.05, 0.1) is 0 Å². The molecule has 5 heteroatoms. The highest BCUT2D eigenvalue weighted by molar-refractivity contribution is 5.74. The highest BCUT2D eigenvalue weighted by Crippen LogP contribution is 2.21. The summed E-state index contributed by atoms with van der Waals surface area (Å²) >= 11 is 0. The van der Waals surface area contributed by atoms with E-state index in [1.165, 1.54) is 23.5 Å². The Labute approximate surface area is 162 Å². The van der Waals surface area contributed by atoms with Crippen molar-refractivity contribution >= 4 is 6.03 Å². The normalized spacial score (nSPS) is 17.1. The minimum absolute atomic E-state index is 0.0729. The smallest absolute Gasteiger partial charge is 0.317 e. The molecule has 2 heterocycles. The largest absolute Gasteiger partial charge is 0.338 e. The molecule has 1 aromatic carbocycles. The summed E-state index contributed by atoms with van der Waals surface area (Å²) < 4.78 is 2.33. The van der Waals surface area contributed by atoms with Crippen LogP contribution in [0.15, 0.2) is 36.5 Å². The summed E-state index contributed by atoms with van der Waals surface area (Å²) in [6.07, 6.45) is 7.17. The minimum Gasteiger partial charge on any atom is -0.338 e. The zero-order valence-electron chi connectivity index (χ0n) is 16.7. The number of carbonyl (C=O) groups excluding carboxylic acids is 1. The molecule has 1 fully saturated rings. The first-order valence-corrected chi connectivity index (χ1v) is 10.2. The lowest BCUT2D eigenvalue weighted by Gasteiger charge is -2.32. The van der Waals surface area contributed by atoms with E-state index >= 15 is 0 Å². The molecule has 1 N–H and O–H groups in total. The molecule has 5 nitrogen and oxygen atoms in total. The number of benzene rings is 1. The SMILES string of the molecule is CCCn1c(C)cnc1CC1CCCN(C(=O)NCCc2ccccc2)C1. The van der Waals surface area contributed by atoms with Crippen LogP contribution < -0.4 is 5.32 Å².